The molecule has 0 radical (unpaired) electrons. The van der Waals surface area contributed by atoms with E-state index in [1.54, 1.807) is 0 Å². The van der Waals surface area contributed by atoms with Crippen LogP contribution >= 0.6 is 0 Å². The standard InChI is InChI=1S/C30H42FNO4/c1-3-4-5-6-18-35-29-13-9-24(10-14-29)30(34)25(21-32-17-15-26(31)22-32)20-27(33)16-19-36-28-11-7-23(2)8-12-28/h7-14,25-26,30,34H,3-6,15-22H2,1-2H3/t25-,26?,30-/m1/s1. The summed E-state index contributed by atoms with van der Waals surface area (Å²) >= 11 is 0. The highest BCUT2D eigenvalue weighted by Gasteiger charge is 2.30. The van der Waals surface area contributed by atoms with Crippen molar-refractivity contribution in [2.45, 2.75) is 71.1 Å². The number of nitrogens with zero attached hydrogens (tertiary/aromatic N) is 1. The van der Waals surface area contributed by atoms with E-state index in [1.165, 1.54) is 12.8 Å². The molecule has 1 N–H and O–H groups in total. The van der Waals surface area contributed by atoms with Gasteiger partial charge in [-0.15, -0.1) is 0 Å². The Kier molecular flexibility index (Phi) is 11.7. The zero-order valence-corrected chi connectivity index (χ0v) is 21.8. The van der Waals surface area contributed by atoms with Gasteiger partial charge in [-0.05, 0) is 49.6 Å². The van der Waals surface area contributed by atoms with Crippen LogP contribution in [0.1, 0.15) is 69.1 Å². The number of aryl methyl sites for hydroxylation is 1. The Morgan fingerprint density at radius 2 is 1.69 bits per heavy atom. The van der Waals surface area contributed by atoms with Crippen molar-refractivity contribution in [1.29, 1.82) is 0 Å². The molecule has 0 spiro atoms. The molecular weight excluding hydrogens is 457 g/mol. The summed E-state index contributed by atoms with van der Waals surface area (Å²) in [5, 5.41) is 11.2. The van der Waals surface area contributed by atoms with Crippen molar-refractivity contribution in [1.82, 2.24) is 4.90 Å². The van der Waals surface area contributed by atoms with Gasteiger partial charge in [0.05, 0.1) is 19.3 Å². The van der Waals surface area contributed by atoms with Gasteiger partial charge in [-0.2, -0.15) is 0 Å². The van der Waals surface area contributed by atoms with Gasteiger partial charge in [-0.25, -0.2) is 4.39 Å². The minimum atomic E-state index is -0.838. The molecule has 0 aromatic heterocycles. The maximum atomic E-state index is 13.8. The number of ether oxygens (including phenoxy) is 2. The molecule has 0 amide bonds. The number of aliphatic hydroxyl groups is 1. The van der Waals surface area contributed by atoms with E-state index in [2.05, 4.69) is 6.92 Å². The van der Waals surface area contributed by atoms with Gasteiger partial charge in [0.25, 0.3) is 0 Å². The first-order chi connectivity index (χ1) is 17.4. The third-order valence-corrected chi connectivity index (χ3v) is 6.80. The number of hydrogen-bond acceptors (Lipinski definition) is 5. The molecule has 5 nitrogen and oxygen atoms in total. The van der Waals surface area contributed by atoms with Gasteiger partial charge in [-0.3, -0.25) is 9.69 Å². The van der Waals surface area contributed by atoms with Gasteiger partial charge < -0.3 is 14.6 Å². The molecule has 1 aliphatic rings. The monoisotopic (exact) mass is 499 g/mol. The van der Waals surface area contributed by atoms with Crippen LogP contribution in [0, 0.1) is 12.8 Å². The topological polar surface area (TPSA) is 59.0 Å². The number of carbonyl (C=O) groups is 1. The van der Waals surface area contributed by atoms with Crippen LogP contribution in [0.4, 0.5) is 4.39 Å². The first-order valence-electron chi connectivity index (χ1n) is 13.4. The molecule has 1 heterocycles. The van der Waals surface area contributed by atoms with Gasteiger partial charge >= 0.3 is 0 Å². The average molecular weight is 500 g/mol. The highest BCUT2D eigenvalue weighted by Crippen LogP contribution is 2.29. The summed E-state index contributed by atoms with van der Waals surface area (Å²) in [5.74, 6) is 1.24. The molecule has 2 aromatic rings. The third kappa shape index (κ3) is 9.55. The molecule has 1 saturated heterocycles. The number of rotatable bonds is 16. The number of unbranched alkanes of at least 4 members (excludes halogenated alkanes) is 3. The van der Waals surface area contributed by atoms with Crippen LogP contribution in [-0.4, -0.2) is 54.8 Å². The molecule has 198 valence electrons. The maximum Gasteiger partial charge on any atom is 0.136 e. The van der Waals surface area contributed by atoms with Crippen LogP contribution < -0.4 is 9.47 Å². The number of aliphatic hydroxyl groups excluding tert-OH is 1. The van der Waals surface area contributed by atoms with Crippen molar-refractivity contribution >= 4 is 5.78 Å². The SMILES string of the molecule is CCCCCCOc1ccc([C@@H](O)[C@H](CC(=O)CCOc2ccc(C)cc2)CN2CCC(F)C2)cc1. The molecule has 1 aliphatic heterocycles. The van der Waals surface area contributed by atoms with Gasteiger partial charge in [0.1, 0.15) is 23.5 Å². The van der Waals surface area contributed by atoms with E-state index in [9.17, 15) is 14.3 Å². The van der Waals surface area contributed by atoms with Gasteiger partial charge in [0, 0.05) is 38.4 Å². The number of hydrogen-bond donors (Lipinski definition) is 1. The fraction of sp³-hybridized carbons (Fsp3) is 0.567. The van der Waals surface area contributed by atoms with E-state index in [0.717, 1.165) is 35.5 Å². The molecule has 0 aliphatic carbocycles. The molecule has 0 bridgehead atoms. The summed E-state index contributed by atoms with van der Waals surface area (Å²) in [4.78, 5) is 14.8. The second-order valence-electron chi connectivity index (χ2n) is 9.98. The minimum absolute atomic E-state index is 0.0363. The maximum absolute atomic E-state index is 13.8. The molecule has 36 heavy (non-hydrogen) atoms. The van der Waals surface area contributed by atoms with E-state index in [1.807, 2.05) is 60.4 Å². The Morgan fingerprint density at radius 3 is 2.33 bits per heavy atom. The number of Topliss-reactive ketones (excluding diaryl/α,β-unsaturated/α-hetero) is 1. The summed E-state index contributed by atoms with van der Waals surface area (Å²) in [6.45, 7) is 6.68. The quantitative estimate of drug-likeness (QED) is 0.284. The number of alkyl halides is 1. The molecule has 0 saturated carbocycles. The highest BCUT2D eigenvalue weighted by molar-refractivity contribution is 5.78. The number of halogens is 1. The Bertz CT molecular complexity index is 902. The van der Waals surface area contributed by atoms with Crippen molar-refractivity contribution in [3.05, 3.63) is 59.7 Å². The molecule has 1 unspecified atom stereocenters. The summed E-state index contributed by atoms with van der Waals surface area (Å²) < 4.78 is 25.3. The number of benzene rings is 2. The molecule has 1 fully saturated rings. The van der Waals surface area contributed by atoms with Crippen molar-refractivity contribution in [3.8, 4) is 11.5 Å². The summed E-state index contributed by atoms with van der Waals surface area (Å²) in [5.41, 5.74) is 1.90. The molecule has 2 aromatic carbocycles. The summed E-state index contributed by atoms with van der Waals surface area (Å²) in [7, 11) is 0. The van der Waals surface area contributed by atoms with Gasteiger partial charge in [0.2, 0.25) is 0 Å². The fourth-order valence-electron chi connectivity index (χ4n) is 4.62. The predicted octanol–water partition coefficient (Wildman–Crippen LogP) is 6.08. The summed E-state index contributed by atoms with van der Waals surface area (Å²) in [6, 6.07) is 15.2. The minimum Gasteiger partial charge on any atom is -0.494 e. The van der Waals surface area contributed by atoms with E-state index in [4.69, 9.17) is 9.47 Å². The van der Waals surface area contributed by atoms with Crippen LogP contribution in [0.25, 0.3) is 0 Å². The lowest BCUT2D eigenvalue weighted by molar-refractivity contribution is -0.121. The van der Waals surface area contributed by atoms with E-state index < -0.39 is 12.3 Å². The molecule has 6 heteroatoms. The van der Waals surface area contributed by atoms with Crippen LogP contribution in [-0.2, 0) is 4.79 Å². The van der Waals surface area contributed by atoms with Crippen molar-refractivity contribution in [3.63, 3.8) is 0 Å². The Labute approximate surface area is 215 Å². The second kappa shape index (κ2) is 15.0. The number of likely N-dealkylation sites (tertiary alicyclic amines) is 1. The normalized spacial score (nSPS) is 17.6. The summed E-state index contributed by atoms with van der Waals surface area (Å²) in [6.07, 6.45) is 3.95. The fourth-order valence-corrected chi connectivity index (χ4v) is 4.62. The Hall–Kier alpha value is -2.44. The van der Waals surface area contributed by atoms with Crippen LogP contribution in [0.3, 0.4) is 0 Å². The predicted molar refractivity (Wildman–Crippen MR) is 141 cm³/mol. The van der Waals surface area contributed by atoms with E-state index in [-0.39, 0.29) is 24.5 Å². The van der Waals surface area contributed by atoms with E-state index in [0.29, 0.717) is 39.3 Å². The average Bonchev–Trinajstić information content (AvgIpc) is 3.29. The molecule has 3 rings (SSSR count). The highest BCUT2D eigenvalue weighted by atomic mass is 19.1. The molecular formula is C30H42FNO4. The lowest BCUT2D eigenvalue weighted by Gasteiger charge is -2.27. The Morgan fingerprint density at radius 1 is 1.03 bits per heavy atom. The Balaban J connectivity index is 1.55. The van der Waals surface area contributed by atoms with Crippen molar-refractivity contribution in [2.24, 2.45) is 5.92 Å². The lowest BCUT2D eigenvalue weighted by atomic mass is 9.90. The van der Waals surface area contributed by atoms with Crippen molar-refractivity contribution < 1.29 is 23.8 Å². The third-order valence-electron chi connectivity index (χ3n) is 6.80. The van der Waals surface area contributed by atoms with Crippen LogP contribution in [0.2, 0.25) is 0 Å². The lowest BCUT2D eigenvalue weighted by Crippen LogP contribution is -2.32. The smallest absolute Gasteiger partial charge is 0.136 e. The molecule has 3 atom stereocenters. The van der Waals surface area contributed by atoms with Crippen molar-refractivity contribution in [2.75, 3.05) is 32.8 Å². The first kappa shape index (κ1) is 28.1. The number of ketones is 1. The van der Waals surface area contributed by atoms with Gasteiger partial charge in [0.15, 0.2) is 0 Å². The van der Waals surface area contributed by atoms with Gasteiger partial charge in [-0.1, -0.05) is 56.0 Å². The van der Waals surface area contributed by atoms with Crippen LogP contribution in [0.15, 0.2) is 48.5 Å². The first-order valence-corrected chi connectivity index (χ1v) is 13.4. The number of carbonyl (C=O) groups excluding carboxylic acids is 1. The zero-order valence-electron chi connectivity index (χ0n) is 21.8. The van der Waals surface area contributed by atoms with Crippen LogP contribution in [0.5, 0.6) is 11.5 Å². The zero-order chi connectivity index (χ0) is 25.8. The second-order valence-corrected chi connectivity index (χ2v) is 9.98. The largest absolute Gasteiger partial charge is 0.494 e. The van der Waals surface area contributed by atoms with E-state index >= 15 is 0 Å².